The van der Waals surface area contributed by atoms with Crippen molar-refractivity contribution >= 4 is 45.8 Å². The summed E-state index contributed by atoms with van der Waals surface area (Å²) < 4.78 is 12.1. The third-order valence-electron chi connectivity index (χ3n) is 4.10. The molecule has 0 atom stereocenters. The Hall–Kier alpha value is -1.99. The Morgan fingerprint density at radius 3 is 3.00 bits per heavy atom. The van der Waals surface area contributed by atoms with Gasteiger partial charge in [-0.1, -0.05) is 21.1 Å². The maximum Gasteiger partial charge on any atom is 0.224 e. The van der Waals surface area contributed by atoms with Gasteiger partial charge >= 0.3 is 0 Å². The van der Waals surface area contributed by atoms with Crippen molar-refractivity contribution in [1.82, 2.24) is 0 Å². The summed E-state index contributed by atoms with van der Waals surface area (Å²) in [6, 6.07) is 11.8. The summed E-state index contributed by atoms with van der Waals surface area (Å²) in [7, 11) is 0. The first kappa shape index (κ1) is 19.8. The van der Waals surface area contributed by atoms with Crippen LogP contribution in [0.1, 0.15) is 30.4 Å². The molecule has 1 amide bonds. The summed E-state index contributed by atoms with van der Waals surface area (Å²) in [6.45, 7) is 2.65. The third kappa shape index (κ3) is 6.01. The zero-order valence-electron chi connectivity index (χ0n) is 15.0. The smallest absolute Gasteiger partial charge is 0.224 e. The number of carbonyl (C=O) groups is 1. The lowest BCUT2D eigenvalue weighted by Gasteiger charge is -2.17. The lowest BCUT2D eigenvalue weighted by molar-refractivity contribution is -0.116. The minimum Gasteiger partial charge on any atom is -0.494 e. The number of halogens is 1. The molecule has 3 rings (SSSR count). The molecule has 7 heteroatoms. The molecule has 2 aromatic rings. The number of nitrogens with zero attached hydrogens (tertiary/aromatic N) is 1. The van der Waals surface area contributed by atoms with Gasteiger partial charge in [-0.3, -0.25) is 4.79 Å². The zero-order chi connectivity index (χ0) is 19.1. The number of aryl methyl sites for hydroxylation is 2. The van der Waals surface area contributed by atoms with E-state index in [1.165, 1.54) is 12.0 Å². The number of carbonyl (C=O) groups excluding carboxylic acids is 1. The molecular formula is C20H21BrN2O3S. The second-order valence-corrected chi connectivity index (χ2v) is 7.86. The van der Waals surface area contributed by atoms with Gasteiger partial charge in [0.1, 0.15) is 17.8 Å². The van der Waals surface area contributed by atoms with E-state index in [1.54, 1.807) is 6.21 Å². The van der Waals surface area contributed by atoms with Gasteiger partial charge in [0.05, 0.1) is 11.5 Å². The second kappa shape index (κ2) is 9.80. The average Bonchev–Trinajstić information content (AvgIpc) is 2.66. The molecule has 0 radical (unpaired) electrons. The van der Waals surface area contributed by atoms with Crippen LogP contribution in [-0.4, -0.2) is 18.7 Å². The van der Waals surface area contributed by atoms with E-state index in [9.17, 15) is 4.79 Å². The van der Waals surface area contributed by atoms with E-state index in [1.807, 2.05) is 43.3 Å². The molecular weight excluding hydrogens is 428 g/mol. The predicted molar refractivity (Wildman–Crippen MR) is 112 cm³/mol. The summed E-state index contributed by atoms with van der Waals surface area (Å²) in [5.41, 5.74) is 3.18. The Kier molecular flexibility index (Phi) is 7.18. The lowest BCUT2D eigenvalue weighted by atomic mass is 10.0. The van der Waals surface area contributed by atoms with Crippen LogP contribution in [0.2, 0.25) is 0 Å². The second-order valence-electron chi connectivity index (χ2n) is 6.21. The van der Waals surface area contributed by atoms with Gasteiger partial charge in [0, 0.05) is 22.8 Å². The topological polar surface area (TPSA) is 59.9 Å². The van der Waals surface area contributed by atoms with Crippen LogP contribution in [0.15, 0.2) is 50.9 Å². The van der Waals surface area contributed by atoms with Gasteiger partial charge in [0.15, 0.2) is 0 Å². The first-order chi connectivity index (χ1) is 13.1. The maximum atomic E-state index is 11.4. The van der Waals surface area contributed by atoms with Crippen molar-refractivity contribution in [1.29, 1.82) is 0 Å². The minimum atomic E-state index is 0.0751. The highest BCUT2D eigenvalue weighted by molar-refractivity contribution is 9.10. The lowest BCUT2D eigenvalue weighted by Crippen LogP contribution is -2.18. The van der Waals surface area contributed by atoms with Crippen molar-refractivity contribution in [3.05, 3.63) is 52.0 Å². The van der Waals surface area contributed by atoms with E-state index in [2.05, 4.69) is 26.4 Å². The largest absolute Gasteiger partial charge is 0.494 e. The van der Waals surface area contributed by atoms with E-state index in [0.717, 1.165) is 51.2 Å². The zero-order valence-corrected chi connectivity index (χ0v) is 17.4. The third-order valence-corrected chi connectivity index (χ3v) is 5.60. The molecule has 1 N–H and O–H groups in total. The van der Waals surface area contributed by atoms with E-state index in [-0.39, 0.29) is 5.91 Å². The number of hydrogen-bond donors (Lipinski definition) is 1. The molecule has 5 nitrogen and oxygen atoms in total. The summed E-state index contributed by atoms with van der Waals surface area (Å²) in [4.78, 5) is 12.4. The summed E-state index contributed by atoms with van der Waals surface area (Å²) in [6.07, 6.45) is 4.68. The monoisotopic (exact) mass is 448 g/mol. The van der Waals surface area contributed by atoms with Gasteiger partial charge in [0.25, 0.3) is 0 Å². The van der Waals surface area contributed by atoms with Crippen molar-refractivity contribution in [2.24, 2.45) is 5.16 Å². The number of amides is 1. The fourth-order valence-corrected chi connectivity index (χ4v) is 3.42. The van der Waals surface area contributed by atoms with Gasteiger partial charge in [-0.15, -0.1) is 0 Å². The summed E-state index contributed by atoms with van der Waals surface area (Å²) in [5.74, 6) is 0.908. The molecule has 0 unspecified atom stereocenters. The molecule has 1 heterocycles. The molecule has 0 spiro atoms. The Labute approximate surface area is 171 Å². The highest BCUT2D eigenvalue weighted by atomic mass is 79.9. The average molecular weight is 449 g/mol. The number of oxime groups is 1. The Bertz CT molecular complexity index is 842. The van der Waals surface area contributed by atoms with Crippen LogP contribution in [-0.2, 0) is 15.5 Å². The molecule has 1 aliphatic rings. The van der Waals surface area contributed by atoms with Gasteiger partial charge in [-0.25, -0.2) is 0 Å². The van der Waals surface area contributed by atoms with Crippen molar-refractivity contribution in [3.63, 3.8) is 0 Å². The van der Waals surface area contributed by atoms with Gasteiger partial charge < -0.3 is 14.3 Å². The van der Waals surface area contributed by atoms with E-state index in [0.29, 0.717) is 13.0 Å². The molecule has 0 bridgehead atoms. The van der Waals surface area contributed by atoms with Crippen LogP contribution in [0.25, 0.3) is 0 Å². The van der Waals surface area contributed by atoms with Crippen LogP contribution >= 0.6 is 28.0 Å². The van der Waals surface area contributed by atoms with Gasteiger partial charge in [-0.05, 0) is 73.7 Å². The van der Waals surface area contributed by atoms with Crippen LogP contribution in [0.4, 0.5) is 5.69 Å². The van der Waals surface area contributed by atoms with Crippen LogP contribution < -0.4 is 10.1 Å². The number of hydrogen-bond acceptors (Lipinski definition) is 5. The number of anilines is 1. The van der Waals surface area contributed by atoms with Crippen molar-refractivity contribution in [3.8, 4) is 5.75 Å². The highest BCUT2D eigenvalue weighted by Gasteiger charge is 2.14. The Morgan fingerprint density at radius 2 is 2.15 bits per heavy atom. The highest BCUT2D eigenvalue weighted by Crippen LogP contribution is 2.27. The predicted octanol–water partition coefficient (Wildman–Crippen LogP) is 5.51. The van der Waals surface area contributed by atoms with Crippen LogP contribution in [0.5, 0.6) is 5.75 Å². The van der Waals surface area contributed by atoms with Crippen molar-refractivity contribution in [2.75, 3.05) is 11.9 Å². The van der Waals surface area contributed by atoms with Crippen LogP contribution in [0.3, 0.4) is 0 Å². The normalized spacial score (nSPS) is 13.3. The molecule has 0 fully saturated rings. The molecule has 2 aromatic carbocycles. The van der Waals surface area contributed by atoms with Gasteiger partial charge in [0.2, 0.25) is 5.91 Å². The number of rotatable bonds is 8. The number of unbranched alkanes of at least 4 members (excludes halogenated alkanes) is 1. The Morgan fingerprint density at radius 1 is 1.26 bits per heavy atom. The fraction of sp³-hybridized carbons (Fsp3) is 0.300. The maximum absolute atomic E-state index is 11.4. The van der Waals surface area contributed by atoms with Crippen LogP contribution in [0, 0.1) is 6.92 Å². The van der Waals surface area contributed by atoms with E-state index < -0.39 is 0 Å². The number of nitrogens with one attached hydrogen (secondary N) is 1. The first-order valence-corrected chi connectivity index (χ1v) is 10.3. The molecule has 0 saturated carbocycles. The Balaban J connectivity index is 1.33. The molecule has 1 aliphatic heterocycles. The summed E-state index contributed by atoms with van der Waals surface area (Å²) >= 11 is 4.71. The van der Waals surface area contributed by atoms with Crippen molar-refractivity contribution < 1.29 is 13.8 Å². The molecule has 0 aliphatic carbocycles. The minimum absolute atomic E-state index is 0.0751. The first-order valence-electron chi connectivity index (χ1n) is 8.79. The molecule has 0 aromatic heterocycles. The molecule has 0 saturated heterocycles. The van der Waals surface area contributed by atoms with Gasteiger partial charge in [-0.2, -0.15) is 0 Å². The SMILES string of the molecule is Cc1cc(SON=CCCCOc2ccc3c(c2)CCC(=O)N3)ccc1Br. The van der Waals surface area contributed by atoms with E-state index >= 15 is 0 Å². The quantitative estimate of drug-likeness (QED) is 0.250. The fourth-order valence-electron chi connectivity index (χ4n) is 2.63. The number of ether oxygens (including phenoxy) is 1. The summed E-state index contributed by atoms with van der Waals surface area (Å²) in [5, 5.41) is 6.83. The molecule has 27 heavy (non-hydrogen) atoms. The van der Waals surface area contributed by atoms with Crippen molar-refractivity contribution in [2.45, 2.75) is 37.5 Å². The number of benzene rings is 2. The standard InChI is InChI=1S/C20H21BrN2O3S/c1-14-12-17(6-7-18(14)21)27-26-22-10-2-3-11-25-16-5-8-19-15(13-16)4-9-20(24)23-19/h5-8,10,12-13H,2-4,9,11H2,1H3,(H,23,24). The molecule has 142 valence electrons. The van der Waals surface area contributed by atoms with E-state index in [4.69, 9.17) is 9.02 Å². The number of fused-ring (bicyclic) bond motifs is 1.